The first-order valence-electron chi connectivity index (χ1n) is 6.20. The quantitative estimate of drug-likeness (QED) is 0.341. The second-order valence-corrected chi connectivity index (χ2v) is 4.17. The Morgan fingerprint density at radius 3 is 2.69 bits per heavy atom. The second kappa shape index (κ2) is 8.24. The van der Waals surface area contributed by atoms with Gasteiger partial charge < -0.3 is 0 Å². The number of aromatic amines is 1. The molecule has 0 saturated carbocycles. The normalized spacial score (nSPS) is 12.9. The van der Waals surface area contributed by atoms with Gasteiger partial charge in [0.25, 0.3) is 0 Å². The summed E-state index contributed by atoms with van der Waals surface area (Å²) in [5, 5.41) is 10.4. The molecule has 16 heavy (non-hydrogen) atoms. The van der Waals surface area contributed by atoms with Gasteiger partial charge in [-0.05, 0) is 6.42 Å². The Kier molecular flexibility index (Phi) is 6.76. The van der Waals surface area contributed by atoms with Gasteiger partial charge in [0.1, 0.15) is 5.69 Å². The topological polar surface area (TPSA) is 79.6 Å². The van der Waals surface area contributed by atoms with Crippen LogP contribution in [0.2, 0.25) is 0 Å². The van der Waals surface area contributed by atoms with Crippen LogP contribution in [0.25, 0.3) is 0 Å². The van der Waals surface area contributed by atoms with E-state index in [-0.39, 0.29) is 6.04 Å². The van der Waals surface area contributed by atoms with Gasteiger partial charge in [-0.25, -0.2) is 0 Å². The minimum absolute atomic E-state index is 0.130. The van der Waals surface area contributed by atoms with Gasteiger partial charge >= 0.3 is 0 Å². The van der Waals surface area contributed by atoms with Gasteiger partial charge in [-0.15, -0.1) is 0 Å². The third-order valence-electron chi connectivity index (χ3n) is 2.84. The van der Waals surface area contributed by atoms with Crippen LogP contribution in [-0.4, -0.2) is 15.4 Å². The van der Waals surface area contributed by atoms with Crippen molar-refractivity contribution in [3.63, 3.8) is 0 Å². The molecule has 0 spiro atoms. The van der Waals surface area contributed by atoms with Crippen molar-refractivity contribution in [3.8, 4) is 0 Å². The highest BCUT2D eigenvalue weighted by Gasteiger charge is 2.11. The van der Waals surface area contributed by atoms with Crippen LogP contribution in [0.15, 0.2) is 6.20 Å². The molecule has 0 bridgehead atoms. The molecular formula is C11H23N5. The van der Waals surface area contributed by atoms with Crippen LogP contribution in [0.1, 0.15) is 63.6 Å². The third-order valence-corrected chi connectivity index (χ3v) is 2.84. The molecule has 0 aliphatic heterocycles. The minimum Gasteiger partial charge on any atom is -0.271 e. The Hall–Kier alpha value is -0.940. The van der Waals surface area contributed by atoms with Crippen LogP contribution in [0.4, 0.5) is 0 Å². The van der Waals surface area contributed by atoms with E-state index in [9.17, 15) is 0 Å². The van der Waals surface area contributed by atoms with Gasteiger partial charge in [0.05, 0.1) is 12.2 Å². The van der Waals surface area contributed by atoms with Crippen LogP contribution < -0.4 is 11.3 Å². The number of rotatable bonds is 9. The zero-order chi connectivity index (χ0) is 11.6. The molecule has 0 fully saturated rings. The minimum atomic E-state index is 0.130. The summed E-state index contributed by atoms with van der Waals surface area (Å²) in [5.41, 5.74) is 3.68. The Bertz CT molecular complexity index is 247. The van der Waals surface area contributed by atoms with Crippen LogP contribution in [0, 0.1) is 0 Å². The van der Waals surface area contributed by atoms with Crippen molar-refractivity contribution in [3.05, 3.63) is 11.9 Å². The molecule has 1 aromatic rings. The SMILES string of the molecule is CCCCCCCCC(NN)c1cn[nH]n1. The van der Waals surface area contributed by atoms with E-state index in [0.29, 0.717) is 0 Å². The number of nitrogens with one attached hydrogen (secondary N) is 2. The largest absolute Gasteiger partial charge is 0.271 e. The highest BCUT2D eigenvalue weighted by atomic mass is 15.3. The van der Waals surface area contributed by atoms with E-state index < -0.39 is 0 Å². The maximum Gasteiger partial charge on any atom is 0.101 e. The van der Waals surface area contributed by atoms with Gasteiger partial charge in [0.2, 0.25) is 0 Å². The van der Waals surface area contributed by atoms with E-state index in [4.69, 9.17) is 5.84 Å². The van der Waals surface area contributed by atoms with Gasteiger partial charge in [-0.1, -0.05) is 45.4 Å². The van der Waals surface area contributed by atoms with E-state index in [1.807, 2.05) is 0 Å². The van der Waals surface area contributed by atoms with Gasteiger partial charge in [0.15, 0.2) is 0 Å². The van der Waals surface area contributed by atoms with E-state index >= 15 is 0 Å². The first-order chi connectivity index (χ1) is 7.88. The summed E-state index contributed by atoms with van der Waals surface area (Å²) in [6, 6.07) is 0.130. The summed E-state index contributed by atoms with van der Waals surface area (Å²) in [6.07, 6.45) is 10.5. The van der Waals surface area contributed by atoms with Crippen molar-refractivity contribution in [2.24, 2.45) is 5.84 Å². The first kappa shape index (κ1) is 13.1. The van der Waals surface area contributed by atoms with Crippen molar-refractivity contribution in [1.29, 1.82) is 0 Å². The second-order valence-electron chi connectivity index (χ2n) is 4.17. The average molecular weight is 225 g/mol. The van der Waals surface area contributed by atoms with Crippen LogP contribution in [-0.2, 0) is 0 Å². The van der Waals surface area contributed by atoms with E-state index in [0.717, 1.165) is 12.1 Å². The lowest BCUT2D eigenvalue weighted by Gasteiger charge is -2.12. The molecule has 0 aliphatic carbocycles. The fraction of sp³-hybridized carbons (Fsp3) is 0.818. The van der Waals surface area contributed by atoms with Crippen molar-refractivity contribution < 1.29 is 0 Å². The fourth-order valence-corrected chi connectivity index (χ4v) is 1.82. The van der Waals surface area contributed by atoms with Gasteiger partial charge in [-0.3, -0.25) is 11.3 Å². The lowest BCUT2D eigenvalue weighted by Crippen LogP contribution is -2.28. The third kappa shape index (κ3) is 4.72. The summed E-state index contributed by atoms with van der Waals surface area (Å²) in [5.74, 6) is 5.49. The summed E-state index contributed by atoms with van der Waals surface area (Å²) in [7, 11) is 0. The molecule has 4 N–H and O–H groups in total. The predicted octanol–water partition coefficient (Wildman–Crippen LogP) is 2.06. The molecule has 0 radical (unpaired) electrons. The standard InChI is InChI=1S/C11H23N5/c1-2-3-4-5-6-7-8-10(14-12)11-9-13-16-15-11/h9-10,14H,2-8,12H2,1H3,(H,13,15,16). The zero-order valence-electron chi connectivity index (χ0n) is 10.1. The van der Waals surface area contributed by atoms with E-state index in [1.54, 1.807) is 6.20 Å². The van der Waals surface area contributed by atoms with Crippen LogP contribution in [0.5, 0.6) is 0 Å². The molecule has 1 atom stereocenters. The molecule has 1 heterocycles. The molecule has 0 saturated heterocycles. The molecule has 5 nitrogen and oxygen atoms in total. The Morgan fingerprint density at radius 2 is 2.06 bits per heavy atom. The molecule has 0 amide bonds. The summed E-state index contributed by atoms with van der Waals surface area (Å²) >= 11 is 0. The number of hydrogen-bond donors (Lipinski definition) is 3. The summed E-state index contributed by atoms with van der Waals surface area (Å²) < 4.78 is 0. The fourth-order valence-electron chi connectivity index (χ4n) is 1.82. The average Bonchev–Trinajstić information content (AvgIpc) is 2.82. The Balaban J connectivity index is 2.11. The molecule has 1 aromatic heterocycles. The van der Waals surface area contributed by atoms with Crippen LogP contribution in [0.3, 0.4) is 0 Å². The van der Waals surface area contributed by atoms with Crippen molar-refractivity contribution in [1.82, 2.24) is 20.8 Å². The van der Waals surface area contributed by atoms with Crippen molar-refractivity contribution in [2.75, 3.05) is 0 Å². The van der Waals surface area contributed by atoms with Gasteiger partial charge in [-0.2, -0.15) is 15.4 Å². The number of nitrogens with two attached hydrogens (primary N) is 1. The molecule has 92 valence electrons. The molecular weight excluding hydrogens is 202 g/mol. The Morgan fingerprint density at radius 1 is 1.31 bits per heavy atom. The van der Waals surface area contributed by atoms with E-state index in [1.165, 1.54) is 38.5 Å². The highest BCUT2D eigenvalue weighted by molar-refractivity contribution is 4.98. The molecule has 1 rings (SSSR count). The molecule has 1 unspecified atom stereocenters. The molecule has 0 aliphatic rings. The highest BCUT2D eigenvalue weighted by Crippen LogP contribution is 2.16. The van der Waals surface area contributed by atoms with E-state index in [2.05, 4.69) is 27.8 Å². The predicted molar refractivity (Wildman–Crippen MR) is 64.4 cm³/mol. The first-order valence-corrected chi connectivity index (χ1v) is 6.20. The number of hydrogen-bond acceptors (Lipinski definition) is 4. The lowest BCUT2D eigenvalue weighted by molar-refractivity contribution is 0.468. The lowest BCUT2D eigenvalue weighted by atomic mass is 10.0. The number of hydrazine groups is 1. The number of H-pyrrole nitrogens is 1. The smallest absolute Gasteiger partial charge is 0.101 e. The Labute approximate surface area is 97.2 Å². The monoisotopic (exact) mass is 225 g/mol. The zero-order valence-corrected chi connectivity index (χ0v) is 10.1. The van der Waals surface area contributed by atoms with Crippen molar-refractivity contribution >= 4 is 0 Å². The molecule has 0 aromatic carbocycles. The molecule has 5 heteroatoms. The summed E-state index contributed by atoms with van der Waals surface area (Å²) in [4.78, 5) is 0. The maximum absolute atomic E-state index is 5.49. The van der Waals surface area contributed by atoms with Crippen molar-refractivity contribution in [2.45, 2.75) is 57.9 Å². The number of unbranched alkanes of at least 4 members (excludes halogenated alkanes) is 5. The van der Waals surface area contributed by atoms with Crippen LogP contribution >= 0.6 is 0 Å². The summed E-state index contributed by atoms with van der Waals surface area (Å²) in [6.45, 7) is 2.24. The maximum atomic E-state index is 5.49. The van der Waals surface area contributed by atoms with Gasteiger partial charge in [0, 0.05) is 0 Å². The number of aromatic nitrogens is 3. The number of nitrogens with zero attached hydrogens (tertiary/aromatic N) is 2.